The van der Waals surface area contributed by atoms with E-state index in [2.05, 4.69) is 73.7 Å². The van der Waals surface area contributed by atoms with Crippen LogP contribution in [-0.4, -0.2) is 29.3 Å². The average molecular weight is 494 g/mol. The van der Waals surface area contributed by atoms with E-state index in [1.54, 1.807) is 8.70 Å². The molecule has 0 fully saturated rings. The first-order valence-corrected chi connectivity index (χ1v) is 14.3. The topological polar surface area (TPSA) is 79.6 Å². The van der Waals surface area contributed by atoms with Crippen LogP contribution in [0.2, 0.25) is 22.8 Å². The first kappa shape index (κ1) is 32.8. The van der Waals surface area contributed by atoms with Gasteiger partial charge in [-0.3, -0.25) is 0 Å². The Labute approximate surface area is 150 Å². The third-order valence-corrected chi connectivity index (χ3v) is 8.36. The van der Waals surface area contributed by atoms with Crippen LogP contribution in [0, 0.1) is 26.6 Å². The normalized spacial score (nSPS) is 6.76. The van der Waals surface area contributed by atoms with E-state index in [1.165, 1.54) is 0 Å². The minimum atomic E-state index is -0.651. The van der Waals surface area contributed by atoms with Gasteiger partial charge in [0.1, 0.15) is 0 Å². The maximum Gasteiger partial charge on any atom is 0 e. The molecule has 0 atom stereocenters. The minimum absolute atomic E-state index is 0. The van der Waals surface area contributed by atoms with Gasteiger partial charge in [-0.05, 0) is 0 Å². The Hall–Kier alpha value is -0.0148. The molecule has 21 heavy (non-hydrogen) atoms. The zero-order valence-electron chi connectivity index (χ0n) is 12.2. The van der Waals surface area contributed by atoms with E-state index >= 15 is 0 Å². The van der Waals surface area contributed by atoms with E-state index in [0.29, 0.717) is 0 Å². The summed E-state index contributed by atoms with van der Waals surface area (Å²) in [7, 11) is 0. The van der Waals surface area contributed by atoms with Gasteiger partial charge < -0.3 is 0 Å². The molecule has 0 amide bonds. The molecule has 1 aromatic carbocycles. The summed E-state index contributed by atoms with van der Waals surface area (Å²) in [6.07, 6.45) is 0. The molecule has 7 heteroatoms. The van der Waals surface area contributed by atoms with Crippen LogP contribution < -0.4 is 8.70 Å². The molecule has 0 saturated heterocycles. The zero-order valence-corrected chi connectivity index (χ0v) is 18.0. The van der Waals surface area contributed by atoms with Gasteiger partial charge in [0.15, 0.2) is 0 Å². The fraction of sp³-hybridized carbons (Fsp3) is 0.286. The fourth-order valence-electron chi connectivity index (χ4n) is 1.22. The smallest absolute Gasteiger partial charge is 0 e. The molecule has 0 N–H and O–H groups in total. The third-order valence-electron chi connectivity index (χ3n) is 1.85. The molecule has 4 nitrogen and oxygen atoms in total. The number of benzene rings is 1. The van der Waals surface area contributed by atoms with Gasteiger partial charge in [0.25, 0.3) is 0 Å². The molecule has 0 saturated carbocycles. The van der Waals surface area contributed by atoms with Crippen molar-refractivity contribution in [1.29, 1.82) is 0 Å². The van der Waals surface area contributed by atoms with Gasteiger partial charge in [-0.25, -0.2) is 0 Å². The Morgan fingerprint density at radius 3 is 0.952 bits per heavy atom. The molecular formula is C14H16As2MoO4. The summed E-state index contributed by atoms with van der Waals surface area (Å²) >= 11 is -1.30. The second kappa shape index (κ2) is 28.2. The average Bonchev–Trinajstić information content (AvgIpc) is 2.55. The van der Waals surface area contributed by atoms with Gasteiger partial charge in [0.05, 0.1) is 0 Å². The van der Waals surface area contributed by atoms with E-state index in [0.717, 1.165) is 0 Å². The Kier molecular flexibility index (Phi) is 44.0. The van der Waals surface area contributed by atoms with Crippen LogP contribution in [0.5, 0.6) is 0 Å². The minimum Gasteiger partial charge on any atom is 0 e. The SMILES string of the molecule is C[As](C)c1ccccc1[As](C)C.[C-]#[O+].[C-]#[O+].[C-]#[O+].[C-]#[O+].[Mo]. The standard InChI is InChI=1S/C10H16As2.4CO.Mo/c1-11(2)9-7-5-6-8-10(9)12(3)4;4*1-2;/h5-8H,1-4H3;;;;;. The molecule has 0 heterocycles. The Balaban J connectivity index is -0.0000000823. The Morgan fingerprint density at radius 1 is 0.619 bits per heavy atom. The molecule has 0 unspecified atom stereocenters. The van der Waals surface area contributed by atoms with E-state index in [-0.39, 0.29) is 21.1 Å². The second-order valence-corrected chi connectivity index (χ2v) is 12.8. The van der Waals surface area contributed by atoms with E-state index < -0.39 is 29.3 Å². The Morgan fingerprint density at radius 2 is 0.810 bits per heavy atom. The molecule has 0 aliphatic rings. The van der Waals surface area contributed by atoms with Gasteiger partial charge in [-0.15, -0.1) is 0 Å². The molecular weight excluding hydrogens is 478 g/mol. The summed E-state index contributed by atoms with van der Waals surface area (Å²) in [5.74, 6) is 0. The fourth-order valence-corrected chi connectivity index (χ4v) is 9.43. The summed E-state index contributed by atoms with van der Waals surface area (Å²) in [6, 6.07) is 9.05. The number of rotatable bonds is 2. The predicted molar refractivity (Wildman–Crippen MR) is 76.4 cm³/mol. The van der Waals surface area contributed by atoms with Gasteiger partial charge in [-0.1, -0.05) is 0 Å². The van der Waals surface area contributed by atoms with Crippen molar-refractivity contribution in [1.82, 2.24) is 0 Å². The van der Waals surface area contributed by atoms with Gasteiger partial charge in [-0.2, -0.15) is 0 Å². The maximum absolute atomic E-state index is 7.50. The zero-order chi connectivity index (χ0) is 17.1. The van der Waals surface area contributed by atoms with Crippen LogP contribution in [0.1, 0.15) is 0 Å². The quantitative estimate of drug-likeness (QED) is 0.339. The van der Waals surface area contributed by atoms with Crippen molar-refractivity contribution >= 4 is 38.0 Å². The molecule has 0 radical (unpaired) electrons. The van der Waals surface area contributed by atoms with E-state index in [1.807, 2.05) is 0 Å². The molecule has 112 valence electrons. The molecule has 1 aromatic rings. The van der Waals surface area contributed by atoms with Crippen molar-refractivity contribution in [3.63, 3.8) is 0 Å². The summed E-state index contributed by atoms with van der Waals surface area (Å²) in [5.41, 5.74) is 9.68. The van der Waals surface area contributed by atoms with Gasteiger partial charge in [0, 0.05) is 21.1 Å². The van der Waals surface area contributed by atoms with Crippen LogP contribution in [0.3, 0.4) is 0 Å². The second-order valence-electron chi connectivity index (χ2n) is 3.28. The first-order valence-electron chi connectivity index (χ1n) is 4.88. The van der Waals surface area contributed by atoms with E-state index in [4.69, 9.17) is 18.6 Å². The predicted octanol–water partition coefficient (Wildman–Crippen LogP) is 1.46. The molecule has 0 spiro atoms. The van der Waals surface area contributed by atoms with Crippen molar-refractivity contribution in [3.8, 4) is 0 Å². The monoisotopic (exact) mass is 496 g/mol. The van der Waals surface area contributed by atoms with Gasteiger partial charge in [0.2, 0.25) is 0 Å². The van der Waals surface area contributed by atoms with Crippen LogP contribution in [-0.2, 0) is 39.7 Å². The Bertz CT molecular complexity index is 361. The summed E-state index contributed by atoms with van der Waals surface area (Å²) in [4.78, 5) is 0. The van der Waals surface area contributed by atoms with Crippen molar-refractivity contribution < 1.29 is 39.7 Å². The van der Waals surface area contributed by atoms with Crippen LogP contribution in [0.25, 0.3) is 0 Å². The first-order chi connectivity index (χ1) is 9.63. The molecule has 0 bridgehead atoms. The van der Waals surface area contributed by atoms with Crippen LogP contribution in [0.15, 0.2) is 24.3 Å². The van der Waals surface area contributed by atoms with Crippen molar-refractivity contribution in [2.24, 2.45) is 0 Å². The van der Waals surface area contributed by atoms with Gasteiger partial charge >= 0.3 is 130 Å². The van der Waals surface area contributed by atoms with Crippen molar-refractivity contribution in [2.75, 3.05) is 0 Å². The summed E-state index contributed by atoms with van der Waals surface area (Å²) in [5, 5.41) is 0. The molecule has 1 rings (SSSR count). The van der Waals surface area contributed by atoms with Crippen molar-refractivity contribution in [2.45, 2.75) is 22.8 Å². The summed E-state index contributed by atoms with van der Waals surface area (Å²) in [6.45, 7) is 18.0. The van der Waals surface area contributed by atoms with Crippen molar-refractivity contribution in [3.05, 3.63) is 50.9 Å². The number of hydrogen-bond donors (Lipinski definition) is 0. The molecule has 0 aliphatic carbocycles. The van der Waals surface area contributed by atoms with Crippen LogP contribution >= 0.6 is 0 Å². The molecule has 0 aliphatic heterocycles. The number of hydrogen-bond acceptors (Lipinski definition) is 0. The third kappa shape index (κ3) is 17.9. The van der Waals surface area contributed by atoms with E-state index in [9.17, 15) is 0 Å². The largest absolute Gasteiger partial charge is 0 e. The maximum atomic E-state index is 7.50. The van der Waals surface area contributed by atoms with Crippen LogP contribution in [0.4, 0.5) is 0 Å². The summed E-state index contributed by atoms with van der Waals surface area (Å²) < 4.78 is 33.4. The molecule has 0 aromatic heterocycles.